The number of hydrogen-bond acceptors (Lipinski definition) is 7. The average Bonchev–Trinajstić information content (AvgIpc) is 2.87. The van der Waals surface area contributed by atoms with Crippen LogP contribution < -0.4 is 19.6 Å². The molecule has 9 heteroatoms. The summed E-state index contributed by atoms with van der Waals surface area (Å²) in [5.74, 6) is 0.791. The SMILES string of the molecule is CCOc1cc(/C=N/NC(=O)COc2ccccc2C#N)ccc1OCC(=O)N1CCCCC1. The van der Waals surface area contributed by atoms with E-state index < -0.39 is 5.91 Å². The number of carbonyl (C=O) groups excluding carboxylic acids is 2. The zero-order chi connectivity index (χ0) is 24.2. The summed E-state index contributed by atoms with van der Waals surface area (Å²) in [6.07, 6.45) is 4.68. The van der Waals surface area contributed by atoms with Crippen molar-refractivity contribution in [3.63, 3.8) is 0 Å². The van der Waals surface area contributed by atoms with E-state index in [4.69, 9.17) is 19.5 Å². The number of amides is 2. The van der Waals surface area contributed by atoms with Gasteiger partial charge in [0.25, 0.3) is 11.8 Å². The number of likely N-dealkylation sites (tertiary alicyclic amines) is 1. The van der Waals surface area contributed by atoms with Gasteiger partial charge in [-0.15, -0.1) is 0 Å². The summed E-state index contributed by atoms with van der Waals surface area (Å²) >= 11 is 0. The molecule has 1 fully saturated rings. The lowest BCUT2D eigenvalue weighted by Gasteiger charge is -2.26. The van der Waals surface area contributed by atoms with Gasteiger partial charge >= 0.3 is 0 Å². The molecule has 0 aromatic heterocycles. The average molecular weight is 465 g/mol. The summed E-state index contributed by atoms with van der Waals surface area (Å²) in [5, 5.41) is 13.0. The minimum absolute atomic E-state index is 0.0323. The van der Waals surface area contributed by atoms with Crippen LogP contribution in [0.25, 0.3) is 0 Å². The van der Waals surface area contributed by atoms with Crippen LogP contribution in [0.3, 0.4) is 0 Å². The van der Waals surface area contributed by atoms with Gasteiger partial charge in [-0.05, 0) is 62.1 Å². The number of hydrazone groups is 1. The third-order valence-electron chi connectivity index (χ3n) is 5.10. The molecule has 2 aromatic carbocycles. The zero-order valence-corrected chi connectivity index (χ0v) is 19.2. The number of nitriles is 1. The predicted molar refractivity (Wildman–Crippen MR) is 126 cm³/mol. The lowest BCUT2D eigenvalue weighted by molar-refractivity contribution is -0.134. The van der Waals surface area contributed by atoms with E-state index in [1.54, 1.807) is 42.5 Å². The first-order chi connectivity index (χ1) is 16.6. The minimum atomic E-state index is -0.467. The van der Waals surface area contributed by atoms with Gasteiger partial charge in [0.1, 0.15) is 11.8 Å². The second kappa shape index (κ2) is 12.8. The van der Waals surface area contributed by atoms with Crippen molar-refractivity contribution in [2.45, 2.75) is 26.2 Å². The number of benzene rings is 2. The maximum Gasteiger partial charge on any atom is 0.277 e. The first kappa shape index (κ1) is 24.6. The van der Waals surface area contributed by atoms with Crippen molar-refractivity contribution in [1.82, 2.24) is 10.3 Å². The van der Waals surface area contributed by atoms with Crippen LogP contribution in [0.2, 0.25) is 0 Å². The Bertz CT molecular complexity index is 1060. The van der Waals surface area contributed by atoms with Crippen LogP contribution in [-0.2, 0) is 9.59 Å². The lowest BCUT2D eigenvalue weighted by atomic mass is 10.1. The van der Waals surface area contributed by atoms with Crippen molar-refractivity contribution >= 4 is 18.0 Å². The van der Waals surface area contributed by atoms with Gasteiger partial charge in [-0.2, -0.15) is 10.4 Å². The van der Waals surface area contributed by atoms with Gasteiger partial charge in [-0.1, -0.05) is 12.1 Å². The standard InChI is InChI=1S/C25H28N4O5/c1-2-32-23-14-19(10-11-22(23)34-18-25(31)29-12-6-3-7-13-29)16-27-28-24(30)17-33-21-9-5-4-8-20(21)15-26/h4-5,8-11,14,16H,2-3,6-7,12-13,17-18H2,1H3,(H,28,30)/b27-16+. The first-order valence-corrected chi connectivity index (χ1v) is 11.2. The fraction of sp³-hybridized carbons (Fsp3) is 0.360. The Morgan fingerprint density at radius 2 is 1.79 bits per heavy atom. The van der Waals surface area contributed by atoms with Crippen LogP contribution in [0.15, 0.2) is 47.6 Å². The highest BCUT2D eigenvalue weighted by Crippen LogP contribution is 2.28. The molecule has 0 spiro atoms. The quantitative estimate of drug-likeness (QED) is 0.427. The highest BCUT2D eigenvalue weighted by molar-refractivity contribution is 5.84. The van der Waals surface area contributed by atoms with E-state index in [-0.39, 0.29) is 19.1 Å². The topological polar surface area (TPSA) is 113 Å². The van der Waals surface area contributed by atoms with Gasteiger partial charge in [0.2, 0.25) is 0 Å². The second-order valence-corrected chi connectivity index (χ2v) is 7.56. The number of nitrogens with one attached hydrogen (secondary N) is 1. The molecule has 1 saturated heterocycles. The highest BCUT2D eigenvalue weighted by Gasteiger charge is 2.17. The van der Waals surface area contributed by atoms with Gasteiger partial charge in [-0.25, -0.2) is 5.43 Å². The summed E-state index contributed by atoms with van der Waals surface area (Å²) < 4.78 is 16.7. The maximum atomic E-state index is 12.4. The highest BCUT2D eigenvalue weighted by atomic mass is 16.5. The fourth-order valence-electron chi connectivity index (χ4n) is 3.41. The van der Waals surface area contributed by atoms with Crippen LogP contribution in [0.1, 0.15) is 37.3 Å². The molecule has 0 radical (unpaired) electrons. The minimum Gasteiger partial charge on any atom is -0.490 e. The number of para-hydroxylation sites is 1. The smallest absolute Gasteiger partial charge is 0.277 e. The summed E-state index contributed by atoms with van der Waals surface area (Å²) in [6.45, 7) is 3.51. The van der Waals surface area contributed by atoms with E-state index >= 15 is 0 Å². The van der Waals surface area contributed by atoms with E-state index in [0.29, 0.717) is 35.0 Å². The molecular formula is C25H28N4O5. The summed E-state index contributed by atoms with van der Waals surface area (Å²) in [7, 11) is 0. The van der Waals surface area contributed by atoms with Gasteiger partial charge in [0.15, 0.2) is 24.7 Å². The molecule has 178 valence electrons. The van der Waals surface area contributed by atoms with Crippen LogP contribution in [-0.4, -0.2) is 55.8 Å². The van der Waals surface area contributed by atoms with E-state index in [2.05, 4.69) is 10.5 Å². The summed E-state index contributed by atoms with van der Waals surface area (Å²) in [5.41, 5.74) is 3.41. The van der Waals surface area contributed by atoms with Gasteiger partial charge in [0, 0.05) is 13.1 Å². The maximum absolute atomic E-state index is 12.4. The van der Waals surface area contributed by atoms with Crippen molar-refractivity contribution in [3.05, 3.63) is 53.6 Å². The molecule has 2 amide bonds. The number of ether oxygens (including phenoxy) is 3. The van der Waals surface area contributed by atoms with Gasteiger partial charge < -0.3 is 19.1 Å². The van der Waals surface area contributed by atoms with Crippen LogP contribution in [0, 0.1) is 11.3 Å². The normalized spacial score (nSPS) is 13.2. The zero-order valence-electron chi connectivity index (χ0n) is 19.2. The summed E-state index contributed by atoms with van der Waals surface area (Å²) in [6, 6.07) is 13.9. The molecule has 1 aliphatic rings. The van der Waals surface area contributed by atoms with Crippen LogP contribution >= 0.6 is 0 Å². The molecule has 1 heterocycles. The molecule has 34 heavy (non-hydrogen) atoms. The van der Waals surface area contributed by atoms with Crippen molar-refractivity contribution < 1.29 is 23.8 Å². The summed E-state index contributed by atoms with van der Waals surface area (Å²) in [4.78, 5) is 26.2. The van der Waals surface area contributed by atoms with Crippen LogP contribution in [0.5, 0.6) is 17.2 Å². The lowest BCUT2D eigenvalue weighted by Crippen LogP contribution is -2.38. The Morgan fingerprint density at radius 3 is 2.56 bits per heavy atom. The van der Waals surface area contributed by atoms with E-state index in [1.165, 1.54) is 6.21 Å². The number of hydrogen-bond donors (Lipinski definition) is 1. The molecular weight excluding hydrogens is 436 g/mol. The predicted octanol–water partition coefficient (Wildman–Crippen LogP) is 2.88. The molecule has 0 bridgehead atoms. The molecule has 1 aliphatic heterocycles. The molecule has 0 atom stereocenters. The fourth-order valence-corrected chi connectivity index (χ4v) is 3.41. The second-order valence-electron chi connectivity index (χ2n) is 7.56. The van der Waals surface area contributed by atoms with E-state index in [1.807, 2.05) is 17.9 Å². The van der Waals surface area contributed by atoms with Gasteiger partial charge in [-0.3, -0.25) is 9.59 Å². The third kappa shape index (κ3) is 7.24. The molecule has 1 N–H and O–H groups in total. The van der Waals surface area contributed by atoms with E-state index in [9.17, 15) is 9.59 Å². The molecule has 0 aliphatic carbocycles. The Balaban J connectivity index is 1.52. The molecule has 0 unspecified atom stereocenters. The van der Waals surface area contributed by atoms with Crippen molar-refractivity contribution in [2.24, 2.45) is 5.10 Å². The Labute approximate surface area is 198 Å². The largest absolute Gasteiger partial charge is 0.490 e. The van der Waals surface area contributed by atoms with Gasteiger partial charge in [0.05, 0.1) is 18.4 Å². The number of nitrogens with zero attached hydrogens (tertiary/aromatic N) is 3. The molecule has 9 nitrogen and oxygen atoms in total. The Hall–Kier alpha value is -4.06. The molecule has 0 saturated carbocycles. The Kier molecular flexibility index (Phi) is 9.29. The molecule has 2 aromatic rings. The van der Waals surface area contributed by atoms with Crippen molar-refractivity contribution in [3.8, 4) is 23.3 Å². The third-order valence-corrected chi connectivity index (χ3v) is 5.10. The Morgan fingerprint density at radius 1 is 1.03 bits per heavy atom. The molecule has 3 rings (SSSR count). The number of piperidine rings is 1. The van der Waals surface area contributed by atoms with Crippen molar-refractivity contribution in [2.75, 3.05) is 32.9 Å². The van der Waals surface area contributed by atoms with E-state index in [0.717, 1.165) is 32.4 Å². The first-order valence-electron chi connectivity index (χ1n) is 11.2. The van der Waals surface area contributed by atoms with Crippen LogP contribution in [0.4, 0.5) is 0 Å². The number of carbonyl (C=O) groups is 2. The monoisotopic (exact) mass is 464 g/mol. The number of rotatable bonds is 10. The van der Waals surface area contributed by atoms with Crippen molar-refractivity contribution in [1.29, 1.82) is 5.26 Å².